The first kappa shape index (κ1) is 25.5. The fraction of sp³-hybridized carbons (Fsp3) is 0.593. The van der Waals surface area contributed by atoms with Crippen molar-refractivity contribution >= 4 is 29.1 Å². The summed E-state index contributed by atoms with van der Waals surface area (Å²) in [5.41, 5.74) is 1.68. The first-order valence-corrected chi connectivity index (χ1v) is 13.8. The van der Waals surface area contributed by atoms with Crippen LogP contribution in [-0.4, -0.2) is 50.7 Å². The van der Waals surface area contributed by atoms with E-state index in [0.717, 1.165) is 54.7 Å². The molecule has 2 heterocycles. The van der Waals surface area contributed by atoms with Crippen molar-refractivity contribution in [3.05, 3.63) is 35.2 Å². The predicted octanol–water partition coefficient (Wildman–Crippen LogP) is 4.42. The SMILES string of the molecule is CC[C@@H](C)C(=O)N[C@H](C(=O)N1CCC[C@@H]1C(=O)Cc1snnc1-c1ccccc1)C1CCCCC1. The molecule has 0 bridgehead atoms. The molecule has 7 nitrogen and oxygen atoms in total. The molecule has 0 unspecified atom stereocenters. The number of Topliss-reactive ketones (excluding diaryl/α,β-unsaturated/α-hetero) is 1. The van der Waals surface area contributed by atoms with E-state index in [2.05, 4.69) is 14.9 Å². The van der Waals surface area contributed by atoms with Crippen molar-refractivity contribution in [3.8, 4) is 11.3 Å². The maximum atomic E-state index is 13.8. The zero-order valence-electron chi connectivity index (χ0n) is 20.7. The molecule has 1 N–H and O–H groups in total. The van der Waals surface area contributed by atoms with E-state index in [1.807, 2.05) is 44.2 Å². The van der Waals surface area contributed by atoms with Crippen LogP contribution in [0.2, 0.25) is 0 Å². The van der Waals surface area contributed by atoms with Gasteiger partial charge >= 0.3 is 0 Å². The van der Waals surface area contributed by atoms with Crippen molar-refractivity contribution in [2.24, 2.45) is 11.8 Å². The van der Waals surface area contributed by atoms with Gasteiger partial charge in [-0.3, -0.25) is 14.4 Å². The summed E-state index contributed by atoms with van der Waals surface area (Å²) >= 11 is 1.24. The smallest absolute Gasteiger partial charge is 0.246 e. The summed E-state index contributed by atoms with van der Waals surface area (Å²) in [6.07, 6.45) is 7.62. The highest BCUT2D eigenvalue weighted by Gasteiger charge is 2.41. The van der Waals surface area contributed by atoms with Crippen LogP contribution in [0.15, 0.2) is 30.3 Å². The highest BCUT2D eigenvalue weighted by atomic mass is 32.1. The molecule has 1 aliphatic carbocycles. The quantitative estimate of drug-likeness (QED) is 0.555. The topological polar surface area (TPSA) is 92.3 Å². The Labute approximate surface area is 211 Å². The number of carbonyl (C=O) groups is 3. The van der Waals surface area contributed by atoms with Gasteiger partial charge < -0.3 is 10.2 Å². The Hall–Kier alpha value is -2.61. The van der Waals surface area contributed by atoms with Crippen LogP contribution >= 0.6 is 11.5 Å². The highest BCUT2D eigenvalue weighted by molar-refractivity contribution is 7.06. The van der Waals surface area contributed by atoms with Crippen molar-refractivity contribution in [2.45, 2.75) is 83.7 Å². The number of rotatable bonds is 9. The molecule has 4 rings (SSSR count). The van der Waals surface area contributed by atoms with Gasteiger partial charge in [-0.25, -0.2) is 0 Å². The molecular formula is C27H36N4O3S. The fourth-order valence-corrected chi connectivity index (χ4v) is 5.96. The summed E-state index contributed by atoms with van der Waals surface area (Å²) < 4.78 is 4.09. The number of benzene rings is 1. The van der Waals surface area contributed by atoms with E-state index in [9.17, 15) is 14.4 Å². The van der Waals surface area contributed by atoms with E-state index in [1.54, 1.807) is 4.90 Å². The molecular weight excluding hydrogens is 460 g/mol. The van der Waals surface area contributed by atoms with E-state index < -0.39 is 12.1 Å². The van der Waals surface area contributed by atoms with Crippen LogP contribution in [0.1, 0.15) is 70.1 Å². The van der Waals surface area contributed by atoms with Gasteiger partial charge in [-0.2, -0.15) is 0 Å². The largest absolute Gasteiger partial charge is 0.344 e. The van der Waals surface area contributed by atoms with Crippen LogP contribution in [0.5, 0.6) is 0 Å². The number of nitrogens with one attached hydrogen (secondary N) is 1. The lowest BCUT2D eigenvalue weighted by Crippen LogP contribution is -2.55. The molecule has 2 amide bonds. The molecule has 1 saturated carbocycles. The van der Waals surface area contributed by atoms with E-state index in [0.29, 0.717) is 13.0 Å². The van der Waals surface area contributed by atoms with Crippen molar-refractivity contribution in [1.82, 2.24) is 19.8 Å². The second-order valence-corrected chi connectivity index (χ2v) is 10.8. The first-order chi connectivity index (χ1) is 17.0. The summed E-state index contributed by atoms with van der Waals surface area (Å²) in [5.74, 6) is -0.136. The minimum absolute atomic E-state index is 0.0229. The Bertz CT molecular complexity index is 1020. The Morgan fingerprint density at radius 3 is 2.54 bits per heavy atom. The molecule has 3 atom stereocenters. The zero-order valence-corrected chi connectivity index (χ0v) is 21.6. The van der Waals surface area contributed by atoms with Crippen molar-refractivity contribution in [2.75, 3.05) is 6.54 Å². The van der Waals surface area contributed by atoms with E-state index in [1.165, 1.54) is 18.0 Å². The van der Waals surface area contributed by atoms with Crippen molar-refractivity contribution < 1.29 is 14.4 Å². The summed E-state index contributed by atoms with van der Waals surface area (Å²) in [5, 5.41) is 7.35. The maximum absolute atomic E-state index is 13.8. The van der Waals surface area contributed by atoms with Crippen LogP contribution in [0.3, 0.4) is 0 Å². The molecule has 1 aromatic heterocycles. The normalized spacial score (nSPS) is 20.4. The average molecular weight is 497 g/mol. The second-order valence-electron chi connectivity index (χ2n) is 9.94. The number of hydrogen-bond donors (Lipinski definition) is 1. The average Bonchev–Trinajstić information content (AvgIpc) is 3.57. The molecule has 1 aliphatic heterocycles. The number of nitrogens with zero attached hydrogens (tertiary/aromatic N) is 3. The van der Waals surface area contributed by atoms with Gasteiger partial charge in [0.2, 0.25) is 11.8 Å². The minimum atomic E-state index is -0.546. The number of hydrogen-bond acceptors (Lipinski definition) is 6. The number of ketones is 1. The van der Waals surface area contributed by atoms with Crippen LogP contribution in [0.4, 0.5) is 0 Å². The molecule has 2 aliphatic rings. The number of aromatic nitrogens is 2. The Balaban J connectivity index is 1.50. The predicted molar refractivity (Wildman–Crippen MR) is 137 cm³/mol. The first-order valence-electron chi connectivity index (χ1n) is 13.0. The summed E-state index contributed by atoms with van der Waals surface area (Å²) in [4.78, 5) is 42.6. The molecule has 35 heavy (non-hydrogen) atoms. The Kier molecular flexibility index (Phi) is 8.65. The molecule has 2 fully saturated rings. The fourth-order valence-electron chi connectivity index (χ4n) is 5.29. The van der Waals surface area contributed by atoms with E-state index >= 15 is 0 Å². The van der Waals surface area contributed by atoms with Gasteiger partial charge in [0.05, 0.1) is 10.9 Å². The second kappa shape index (κ2) is 11.9. The lowest BCUT2D eigenvalue weighted by atomic mass is 9.83. The van der Waals surface area contributed by atoms with Crippen LogP contribution in [0.25, 0.3) is 11.3 Å². The van der Waals surface area contributed by atoms with Gasteiger partial charge in [0.15, 0.2) is 5.78 Å². The third-order valence-corrected chi connectivity index (χ3v) is 8.31. The molecule has 8 heteroatoms. The molecule has 0 spiro atoms. The van der Waals surface area contributed by atoms with E-state index in [4.69, 9.17) is 0 Å². The molecule has 1 aromatic carbocycles. The van der Waals surface area contributed by atoms with Crippen LogP contribution < -0.4 is 5.32 Å². The van der Waals surface area contributed by atoms with E-state index in [-0.39, 0.29) is 35.9 Å². The van der Waals surface area contributed by atoms with Crippen LogP contribution in [0, 0.1) is 11.8 Å². The number of amides is 2. The van der Waals surface area contributed by atoms with Crippen LogP contribution in [-0.2, 0) is 20.8 Å². The van der Waals surface area contributed by atoms with Crippen molar-refractivity contribution in [1.29, 1.82) is 0 Å². The van der Waals surface area contributed by atoms with Gasteiger partial charge in [0.1, 0.15) is 11.7 Å². The Morgan fingerprint density at radius 2 is 1.83 bits per heavy atom. The van der Waals surface area contributed by atoms with Gasteiger partial charge in [-0.1, -0.05) is 67.9 Å². The summed E-state index contributed by atoms with van der Waals surface area (Å²) in [7, 11) is 0. The summed E-state index contributed by atoms with van der Waals surface area (Å²) in [6, 6.07) is 8.75. The molecule has 2 aromatic rings. The molecule has 0 radical (unpaired) electrons. The highest BCUT2D eigenvalue weighted by Crippen LogP contribution is 2.31. The monoisotopic (exact) mass is 496 g/mol. The third-order valence-electron chi connectivity index (χ3n) is 7.59. The maximum Gasteiger partial charge on any atom is 0.246 e. The minimum Gasteiger partial charge on any atom is -0.344 e. The summed E-state index contributed by atoms with van der Waals surface area (Å²) in [6.45, 7) is 4.44. The van der Waals surface area contributed by atoms with Crippen molar-refractivity contribution in [3.63, 3.8) is 0 Å². The van der Waals surface area contributed by atoms with Gasteiger partial charge in [-0.15, -0.1) is 5.10 Å². The standard InChI is InChI=1S/C27H36N4O3S/c1-3-18(2)26(33)28-25(20-13-8-5-9-14-20)27(34)31-16-10-15-21(31)22(32)17-23-24(29-30-35-23)19-11-6-4-7-12-19/h4,6-7,11-12,18,20-21,25H,3,5,8-10,13-17H2,1-2H3,(H,28,33)/t18-,21-,25+/m1/s1. The lowest BCUT2D eigenvalue weighted by Gasteiger charge is -2.35. The van der Waals surface area contributed by atoms with Gasteiger partial charge in [0, 0.05) is 24.4 Å². The number of carbonyl (C=O) groups excluding carboxylic acids is 3. The number of likely N-dealkylation sites (tertiary alicyclic amines) is 1. The van der Waals surface area contributed by atoms with Gasteiger partial charge in [-0.05, 0) is 49.6 Å². The Morgan fingerprint density at radius 1 is 1.09 bits per heavy atom. The molecule has 188 valence electrons. The lowest BCUT2D eigenvalue weighted by molar-refractivity contribution is -0.142. The zero-order chi connectivity index (χ0) is 24.8. The third kappa shape index (κ3) is 5.97. The van der Waals surface area contributed by atoms with Gasteiger partial charge in [0.25, 0.3) is 0 Å². The molecule has 1 saturated heterocycles.